The molecule has 0 heterocycles. The smallest absolute Gasteiger partial charge is 0.119 e. The van der Waals surface area contributed by atoms with Crippen molar-refractivity contribution < 1.29 is 4.74 Å². The Hall–Kier alpha value is -1.06. The van der Waals surface area contributed by atoms with Gasteiger partial charge in [-0.2, -0.15) is 0 Å². The lowest BCUT2D eigenvalue weighted by Gasteiger charge is -2.21. The molecular weight excluding hydrogens is 212 g/mol. The van der Waals surface area contributed by atoms with Gasteiger partial charge in [-0.3, -0.25) is 0 Å². The van der Waals surface area contributed by atoms with Gasteiger partial charge in [0.2, 0.25) is 0 Å². The zero-order chi connectivity index (χ0) is 12.8. The standard InChI is InChI=1S/C14H24N2O/c1-10(15)7-13(8-11(2)16)12-5-4-6-14(9-12)17-3/h4-6,9-11,13H,7-8,15-16H2,1-3H3. The molecule has 0 aromatic heterocycles. The summed E-state index contributed by atoms with van der Waals surface area (Å²) in [6.07, 6.45) is 1.91. The second-order valence-corrected chi connectivity index (χ2v) is 4.90. The highest BCUT2D eigenvalue weighted by Gasteiger charge is 2.16. The first-order valence-electron chi connectivity index (χ1n) is 6.18. The van der Waals surface area contributed by atoms with Gasteiger partial charge in [0.05, 0.1) is 7.11 Å². The van der Waals surface area contributed by atoms with E-state index in [0.717, 1.165) is 18.6 Å². The largest absolute Gasteiger partial charge is 0.497 e. The van der Waals surface area contributed by atoms with Gasteiger partial charge in [0.15, 0.2) is 0 Å². The van der Waals surface area contributed by atoms with Crippen LogP contribution in [0.2, 0.25) is 0 Å². The number of nitrogens with two attached hydrogens (primary N) is 2. The molecule has 0 radical (unpaired) electrons. The summed E-state index contributed by atoms with van der Waals surface area (Å²) in [5.41, 5.74) is 13.1. The Kier molecular flexibility index (Phi) is 5.45. The van der Waals surface area contributed by atoms with Crippen molar-refractivity contribution in [3.05, 3.63) is 29.8 Å². The maximum absolute atomic E-state index is 5.90. The van der Waals surface area contributed by atoms with E-state index < -0.39 is 0 Å². The Bertz CT molecular complexity index is 327. The van der Waals surface area contributed by atoms with E-state index in [1.54, 1.807) is 7.11 Å². The van der Waals surface area contributed by atoms with Gasteiger partial charge in [0.25, 0.3) is 0 Å². The van der Waals surface area contributed by atoms with Crippen molar-refractivity contribution in [3.8, 4) is 5.75 Å². The summed E-state index contributed by atoms with van der Waals surface area (Å²) >= 11 is 0. The maximum atomic E-state index is 5.90. The summed E-state index contributed by atoms with van der Waals surface area (Å²) in [6.45, 7) is 4.07. The van der Waals surface area contributed by atoms with E-state index in [-0.39, 0.29) is 12.1 Å². The van der Waals surface area contributed by atoms with E-state index in [4.69, 9.17) is 16.2 Å². The van der Waals surface area contributed by atoms with Crippen LogP contribution in [0.5, 0.6) is 5.75 Å². The monoisotopic (exact) mass is 236 g/mol. The summed E-state index contributed by atoms with van der Waals surface area (Å²) in [6, 6.07) is 8.55. The molecule has 4 N–H and O–H groups in total. The van der Waals surface area contributed by atoms with Gasteiger partial charge >= 0.3 is 0 Å². The van der Waals surface area contributed by atoms with E-state index in [1.807, 2.05) is 26.0 Å². The Labute approximate surface area is 104 Å². The number of ether oxygens (including phenoxy) is 1. The Balaban J connectivity index is 2.86. The molecule has 0 bridgehead atoms. The number of hydrogen-bond acceptors (Lipinski definition) is 3. The minimum atomic E-state index is 0.185. The van der Waals surface area contributed by atoms with Gasteiger partial charge in [0, 0.05) is 12.1 Å². The SMILES string of the molecule is COc1cccc(C(CC(C)N)CC(C)N)c1. The molecule has 1 aromatic carbocycles. The fourth-order valence-corrected chi connectivity index (χ4v) is 2.16. The molecule has 0 aliphatic rings. The molecule has 2 unspecified atom stereocenters. The van der Waals surface area contributed by atoms with E-state index in [9.17, 15) is 0 Å². The molecule has 96 valence electrons. The molecule has 2 atom stereocenters. The molecular formula is C14H24N2O. The molecule has 0 aliphatic heterocycles. The van der Waals surface area contributed by atoms with Crippen molar-refractivity contribution in [2.75, 3.05) is 7.11 Å². The summed E-state index contributed by atoms with van der Waals surface area (Å²) in [5.74, 6) is 1.30. The zero-order valence-electron chi connectivity index (χ0n) is 11.0. The molecule has 0 fully saturated rings. The highest BCUT2D eigenvalue weighted by atomic mass is 16.5. The zero-order valence-corrected chi connectivity index (χ0v) is 11.0. The molecule has 0 saturated carbocycles. The van der Waals surface area contributed by atoms with Crippen LogP contribution in [0.15, 0.2) is 24.3 Å². The minimum Gasteiger partial charge on any atom is -0.497 e. The lowest BCUT2D eigenvalue weighted by atomic mass is 9.87. The second-order valence-electron chi connectivity index (χ2n) is 4.90. The van der Waals surface area contributed by atoms with Gasteiger partial charge < -0.3 is 16.2 Å². The third kappa shape index (κ3) is 4.75. The first-order chi connectivity index (χ1) is 8.02. The van der Waals surface area contributed by atoms with Crippen LogP contribution in [0.4, 0.5) is 0 Å². The van der Waals surface area contributed by atoms with Gasteiger partial charge in [-0.25, -0.2) is 0 Å². The minimum absolute atomic E-state index is 0.185. The molecule has 0 amide bonds. The van der Waals surface area contributed by atoms with E-state index in [1.165, 1.54) is 5.56 Å². The van der Waals surface area contributed by atoms with Crippen LogP contribution in [0, 0.1) is 0 Å². The van der Waals surface area contributed by atoms with Crippen molar-refractivity contribution in [2.45, 2.75) is 44.7 Å². The average molecular weight is 236 g/mol. The van der Waals surface area contributed by atoms with Crippen molar-refractivity contribution >= 4 is 0 Å². The lowest BCUT2D eigenvalue weighted by Crippen LogP contribution is -2.24. The predicted octanol–water partition coefficient (Wildman–Crippen LogP) is 2.25. The number of benzene rings is 1. The van der Waals surface area contributed by atoms with E-state index in [0.29, 0.717) is 5.92 Å². The van der Waals surface area contributed by atoms with Crippen LogP contribution in [0.1, 0.15) is 38.2 Å². The van der Waals surface area contributed by atoms with Gasteiger partial charge in [-0.05, 0) is 50.3 Å². The number of rotatable bonds is 6. The third-order valence-corrected chi connectivity index (χ3v) is 2.88. The topological polar surface area (TPSA) is 61.3 Å². The molecule has 17 heavy (non-hydrogen) atoms. The summed E-state index contributed by atoms with van der Waals surface area (Å²) in [4.78, 5) is 0. The maximum Gasteiger partial charge on any atom is 0.119 e. The Morgan fingerprint density at radius 2 is 1.71 bits per heavy atom. The van der Waals surface area contributed by atoms with Crippen LogP contribution >= 0.6 is 0 Å². The second kappa shape index (κ2) is 6.62. The average Bonchev–Trinajstić information content (AvgIpc) is 2.27. The van der Waals surface area contributed by atoms with E-state index >= 15 is 0 Å². The number of methoxy groups -OCH3 is 1. The molecule has 3 nitrogen and oxygen atoms in total. The fraction of sp³-hybridized carbons (Fsp3) is 0.571. The van der Waals surface area contributed by atoms with Crippen molar-refractivity contribution in [1.82, 2.24) is 0 Å². The Morgan fingerprint density at radius 1 is 1.12 bits per heavy atom. The third-order valence-electron chi connectivity index (χ3n) is 2.88. The summed E-state index contributed by atoms with van der Waals surface area (Å²) in [7, 11) is 1.69. The number of hydrogen-bond donors (Lipinski definition) is 2. The quantitative estimate of drug-likeness (QED) is 0.796. The van der Waals surface area contributed by atoms with Gasteiger partial charge in [-0.1, -0.05) is 12.1 Å². The highest BCUT2D eigenvalue weighted by molar-refractivity contribution is 5.31. The summed E-state index contributed by atoms with van der Waals surface area (Å²) < 4.78 is 5.25. The first-order valence-corrected chi connectivity index (χ1v) is 6.18. The van der Waals surface area contributed by atoms with Crippen molar-refractivity contribution in [2.24, 2.45) is 11.5 Å². The van der Waals surface area contributed by atoms with E-state index in [2.05, 4.69) is 12.1 Å². The first kappa shape index (κ1) is 14.0. The molecule has 0 spiro atoms. The highest BCUT2D eigenvalue weighted by Crippen LogP contribution is 2.28. The lowest BCUT2D eigenvalue weighted by molar-refractivity contribution is 0.412. The van der Waals surface area contributed by atoms with Crippen LogP contribution in [-0.2, 0) is 0 Å². The van der Waals surface area contributed by atoms with Crippen LogP contribution in [0.3, 0.4) is 0 Å². The molecule has 1 rings (SSSR count). The van der Waals surface area contributed by atoms with Crippen molar-refractivity contribution in [3.63, 3.8) is 0 Å². The molecule has 0 aliphatic carbocycles. The van der Waals surface area contributed by atoms with Crippen LogP contribution in [0.25, 0.3) is 0 Å². The van der Waals surface area contributed by atoms with Crippen molar-refractivity contribution in [1.29, 1.82) is 0 Å². The Morgan fingerprint density at radius 3 is 2.18 bits per heavy atom. The molecule has 0 saturated heterocycles. The normalized spacial score (nSPS) is 16.3. The predicted molar refractivity (Wildman–Crippen MR) is 72.3 cm³/mol. The summed E-state index contributed by atoms with van der Waals surface area (Å²) in [5, 5.41) is 0. The fourth-order valence-electron chi connectivity index (χ4n) is 2.16. The molecule has 1 aromatic rings. The van der Waals surface area contributed by atoms with Gasteiger partial charge in [0.1, 0.15) is 5.75 Å². The molecule has 3 heteroatoms. The van der Waals surface area contributed by atoms with Crippen LogP contribution < -0.4 is 16.2 Å². The van der Waals surface area contributed by atoms with Gasteiger partial charge in [-0.15, -0.1) is 0 Å². The van der Waals surface area contributed by atoms with Crippen LogP contribution in [-0.4, -0.2) is 19.2 Å².